The van der Waals surface area contributed by atoms with Crippen LogP contribution in [-0.4, -0.2) is 54.7 Å². The van der Waals surface area contributed by atoms with Crippen molar-refractivity contribution in [3.63, 3.8) is 0 Å². The molecule has 2 amide bonds. The highest BCUT2D eigenvalue weighted by Gasteiger charge is 2.17. The minimum absolute atomic E-state index is 0.189. The zero-order valence-electron chi connectivity index (χ0n) is 8.94. The van der Waals surface area contributed by atoms with Crippen LogP contribution in [0.5, 0.6) is 0 Å². The van der Waals surface area contributed by atoms with Gasteiger partial charge in [-0.2, -0.15) is 0 Å². The van der Waals surface area contributed by atoms with Crippen LogP contribution in [0, 0.1) is 5.92 Å². The molecule has 0 saturated heterocycles. The fourth-order valence-electron chi connectivity index (χ4n) is 0.848. The van der Waals surface area contributed by atoms with Crippen molar-refractivity contribution in [1.82, 2.24) is 15.3 Å². The van der Waals surface area contributed by atoms with Crippen LogP contribution in [0.4, 0.5) is 4.79 Å². The number of urea groups is 1. The minimum atomic E-state index is -0.908. The van der Waals surface area contributed by atoms with Gasteiger partial charge in [0.25, 0.3) is 0 Å². The molecule has 0 heterocycles. The number of nitrogens with one attached hydrogen (secondary N) is 1. The van der Waals surface area contributed by atoms with Gasteiger partial charge in [-0.05, 0) is 0 Å². The molecular weight excluding hydrogens is 186 g/mol. The monoisotopic (exact) mass is 203 g/mol. The summed E-state index contributed by atoms with van der Waals surface area (Å²) in [6, 6.07) is -0.317. The van der Waals surface area contributed by atoms with E-state index in [1.165, 1.54) is 9.91 Å². The van der Waals surface area contributed by atoms with Gasteiger partial charge in [-0.3, -0.25) is 10.2 Å². The maximum absolute atomic E-state index is 11.3. The van der Waals surface area contributed by atoms with Crippen molar-refractivity contribution in [2.75, 3.05) is 27.7 Å². The number of carbonyl (C=O) groups is 2. The SMILES string of the molecule is CC(CN(C)C(=O)NN(C)C)C(=O)O. The number of aliphatic carboxylic acids is 1. The number of hydrogen-bond acceptors (Lipinski definition) is 3. The highest BCUT2D eigenvalue weighted by molar-refractivity contribution is 5.75. The first-order valence-corrected chi connectivity index (χ1v) is 4.26. The molecular formula is C8H17N3O3. The number of amides is 2. The van der Waals surface area contributed by atoms with Crippen LogP contribution < -0.4 is 5.43 Å². The lowest BCUT2D eigenvalue weighted by Gasteiger charge is -2.22. The fourth-order valence-corrected chi connectivity index (χ4v) is 0.848. The molecule has 1 unspecified atom stereocenters. The van der Waals surface area contributed by atoms with E-state index in [2.05, 4.69) is 5.43 Å². The molecule has 2 N–H and O–H groups in total. The van der Waals surface area contributed by atoms with E-state index in [1.807, 2.05) is 0 Å². The van der Waals surface area contributed by atoms with E-state index < -0.39 is 11.9 Å². The van der Waals surface area contributed by atoms with E-state index in [0.717, 1.165) is 0 Å². The van der Waals surface area contributed by atoms with Gasteiger partial charge in [-0.1, -0.05) is 6.92 Å². The van der Waals surface area contributed by atoms with Gasteiger partial charge in [0.1, 0.15) is 0 Å². The second kappa shape index (κ2) is 5.43. The van der Waals surface area contributed by atoms with Crippen molar-refractivity contribution in [3.05, 3.63) is 0 Å². The Labute approximate surface area is 83.5 Å². The molecule has 82 valence electrons. The number of carboxylic acid groups (broad SMARTS) is 1. The summed E-state index contributed by atoms with van der Waals surface area (Å²) < 4.78 is 0. The van der Waals surface area contributed by atoms with E-state index in [-0.39, 0.29) is 12.6 Å². The molecule has 6 nitrogen and oxygen atoms in total. The minimum Gasteiger partial charge on any atom is -0.481 e. The summed E-state index contributed by atoms with van der Waals surface area (Å²) in [7, 11) is 4.93. The molecule has 6 heteroatoms. The Kier molecular flexibility index (Phi) is 4.93. The molecule has 14 heavy (non-hydrogen) atoms. The second-order valence-corrected chi connectivity index (χ2v) is 3.43. The Morgan fingerprint density at radius 2 is 1.86 bits per heavy atom. The summed E-state index contributed by atoms with van der Waals surface area (Å²) in [4.78, 5) is 23.1. The quantitative estimate of drug-likeness (QED) is 0.622. The molecule has 0 aromatic heterocycles. The summed E-state index contributed by atoms with van der Waals surface area (Å²) in [5.41, 5.74) is 2.51. The van der Waals surface area contributed by atoms with Crippen LogP contribution in [0.2, 0.25) is 0 Å². The zero-order chi connectivity index (χ0) is 11.3. The van der Waals surface area contributed by atoms with Crippen LogP contribution in [0.15, 0.2) is 0 Å². The van der Waals surface area contributed by atoms with Crippen LogP contribution >= 0.6 is 0 Å². The average molecular weight is 203 g/mol. The van der Waals surface area contributed by atoms with Crippen molar-refractivity contribution in [2.24, 2.45) is 5.92 Å². The smallest absolute Gasteiger partial charge is 0.331 e. The highest BCUT2D eigenvalue weighted by atomic mass is 16.4. The third-order valence-corrected chi connectivity index (χ3v) is 1.64. The number of hydrazine groups is 1. The first kappa shape index (κ1) is 12.7. The molecule has 0 aliphatic heterocycles. The molecule has 0 aliphatic carbocycles. The van der Waals surface area contributed by atoms with E-state index in [9.17, 15) is 9.59 Å². The van der Waals surface area contributed by atoms with Gasteiger partial charge in [0.15, 0.2) is 0 Å². The second-order valence-electron chi connectivity index (χ2n) is 3.43. The summed E-state index contributed by atoms with van der Waals surface area (Å²) in [6.45, 7) is 1.75. The summed E-state index contributed by atoms with van der Waals surface area (Å²) in [6.07, 6.45) is 0. The third-order valence-electron chi connectivity index (χ3n) is 1.64. The Bertz CT molecular complexity index is 218. The van der Waals surface area contributed by atoms with Gasteiger partial charge in [-0.15, -0.1) is 0 Å². The van der Waals surface area contributed by atoms with Crippen molar-refractivity contribution in [1.29, 1.82) is 0 Å². The van der Waals surface area contributed by atoms with Crippen molar-refractivity contribution >= 4 is 12.0 Å². The van der Waals surface area contributed by atoms with Gasteiger partial charge in [0.2, 0.25) is 0 Å². The number of hydrogen-bond donors (Lipinski definition) is 2. The molecule has 0 rings (SSSR count). The maximum atomic E-state index is 11.3. The van der Waals surface area contributed by atoms with E-state index in [1.54, 1.807) is 28.1 Å². The predicted octanol–water partition coefficient (Wildman–Crippen LogP) is -0.175. The number of carboxylic acids is 1. The lowest BCUT2D eigenvalue weighted by Crippen LogP contribution is -2.46. The lowest BCUT2D eigenvalue weighted by atomic mass is 10.2. The van der Waals surface area contributed by atoms with Crippen LogP contribution in [-0.2, 0) is 4.79 Å². The topological polar surface area (TPSA) is 72.9 Å². The molecule has 0 fully saturated rings. The molecule has 0 aliphatic rings. The average Bonchev–Trinajstić information content (AvgIpc) is 2.02. The summed E-state index contributed by atoms with van der Waals surface area (Å²) in [5, 5.41) is 10.1. The molecule has 1 atom stereocenters. The first-order valence-electron chi connectivity index (χ1n) is 4.26. The van der Waals surface area contributed by atoms with Gasteiger partial charge in [0.05, 0.1) is 5.92 Å². The normalized spacial score (nSPS) is 12.4. The van der Waals surface area contributed by atoms with Crippen molar-refractivity contribution < 1.29 is 14.7 Å². The van der Waals surface area contributed by atoms with Crippen LogP contribution in [0.1, 0.15) is 6.92 Å². The Morgan fingerprint density at radius 1 is 1.36 bits per heavy atom. The van der Waals surface area contributed by atoms with Gasteiger partial charge in [0, 0.05) is 27.7 Å². The molecule has 0 aromatic carbocycles. The fraction of sp³-hybridized carbons (Fsp3) is 0.750. The molecule has 0 bridgehead atoms. The largest absolute Gasteiger partial charge is 0.481 e. The van der Waals surface area contributed by atoms with Crippen LogP contribution in [0.25, 0.3) is 0 Å². The number of carbonyl (C=O) groups excluding carboxylic acids is 1. The molecule has 0 spiro atoms. The molecule has 0 saturated carbocycles. The lowest BCUT2D eigenvalue weighted by molar-refractivity contribution is -0.141. The van der Waals surface area contributed by atoms with E-state index >= 15 is 0 Å². The van der Waals surface area contributed by atoms with Crippen LogP contribution in [0.3, 0.4) is 0 Å². The van der Waals surface area contributed by atoms with Gasteiger partial charge >= 0.3 is 12.0 Å². The van der Waals surface area contributed by atoms with E-state index in [4.69, 9.17) is 5.11 Å². The Balaban J connectivity index is 4.01. The number of rotatable bonds is 4. The summed E-state index contributed by atoms with van der Waals surface area (Å²) >= 11 is 0. The number of nitrogens with zero attached hydrogens (tertiary/aromatic N) is 2. The Hall–Kier alpha value is -1.30. The van der Waals surface area contributed by atoms with Crippen molar-refractivity contribution in [3.8, 4) is 0 Å². The standard InChI is InChI=1S/C8H17N3O3/c1-6(7(12)13)5-11(4)8(14)9-10(2)3/h6H,5H2,1-4H3,(H,9,14)(H,12,13). The zero-order valence-corrected chi connectivity index (χ0v) is 8.94. The van der Waals surface area contributed by atoms with E-state index in [0.29, 0.717) is 0 Å². The van der Waals surface area contributed by atoms with Gasteiger partial charge in [-0.25, -0.2) is 9.80 Å². The van der Waals surface area contributed by atoms with Crippen molar-refractivity contribution in [2.45, 2.75) is 6.92 Å². The first-order chi connectivity index (χ1) is 6.34. The molecule has 0 radical (unpaired) electrons. The highest BCUT2D eigenvalue weighted by Crippen LogP contribution is 1.98. The third kappa shape index (κ3) is 4.66. The summed E-state index contributed by atoms with van der Waals surface area (Å²) in [5.74, 6) is -1.47. The predicted molar refractivity (Wildman–Crippen MR) is 51.6 cm³/mol. The van der Waals surface area contributed by atoms with Gasteiger partial charge < -0.3 is 10.0 Å². The Morgan fingerprint density at radius 3 is 2.21 bits per heavy atom. The molecule has 0 aromatic rings. The maximum Gasteiger partial charge on any atom is 0.331 e.